The lowest BCUT2D eigenvalue weighted by molar-refractivity contribution is 0.0627. The summed E-state index contributed by atoms with van der Waals surface area (Å²) in [6, 6.07) is 11.1. The smallest absolute Gasteiger partial charge is 0.254 e. The van der Waals surface area contributed by atoms with E-state index in [4.69, 9.17) is 22.1 Å². The first kappa shape index (κ1) is 18.5. The second-order valence-corrected chi connectivity index (χ2v) is 7.04. The van der Waals surface area contributed by atoms with Gasteiger partial charge in [0.1, 0.15) is 5.75 Å². The first-order chi connectivity index (χ1) is 12.5. The number of aryl methyl sites for hydroxylation is 1. The number of ether oxygens (including phenoxy) is 1. The zero-order valence-corrected chi connectivity index (χ0v) is 15.9. The molecule has 1 saturated heterocycles. The molecule has 0 aliphatic carbocycles. The van der Waals surface area contributed by atoms with E-state index in [-0.39, 0.29) is 5.91 Å². The van der Waals surface area contributed by atoms with Gasteiger partial charge in [0.05, 0.1) is 7.11 Å². The monoisotopic (exact) mass is 373 g/mol. The van der Waals surface area contributed by atoms with Crippen LogP contribution >= 0.6 is 11.6 Å². The molecule has 0 radical (unpaired) electrons. The van der Waals surface area contributed by atoms with E-state index in [1.54, 1.807) is 13.2 Å². The van der Waals surface area contributed by atoms with E-state index in [2.05, 4.69) is 4.90 Å². The molecule has 2 N–H and O–H groups in total. The molecule has 2 aromatic rings. The van der Waals surface area contributed by atoms with Crippen LogP contribution in [0.4, 0.5) is 5.69 Å². The molecule has 2 aromatic carbocycles. The van der Waals surface area contributed by atoms with Crippen molar-refractivity contribution in [3.8, 4) is 5.75 Å². The number of piperazine rings is 1. The molecule has 5 nitrogen and oxygen atoms in total. The summed E-state index contributed by atoms with van der Waals surface area (Å²) < 4.78 is 5.42. The van der Waals surface area contributed by atoms with Crippen molar-refractivity contribution in [3.63, 3.8) is 0 Å². The summed E-state index contributed by atoms with van der Waals surface area (Å²) >= 11 is 6.11. The van der Waals surface area contributed by atoms with Crippen molar-refractivity contribution in [1.82, 2.24) is 9.80 Å². The normalized spacial score (nSPS) is 15.1. The molecule has 1 amide bonds. The van der Waals surface area contributed by atoms with Gasteiger partial charge in [-0.15, -0.1) is 0 Å². The molecular formula is C20H24ClN3O2. The SMILES string of the molecule is COc1ccc(Cl)cc1CN1CCN(C(=O)c2cc(N)ccc2C)CC1. The third-order valence-electron chi connectivity index (χ3n) is 4.79. The zero-order chi connectivity index (χ0) is 18.7. The Morgan fingerprint density at radius 3 is 2.58 bits per heavy atom. The van der Waals surface area contributed by atoms with Gasteiger partial charge in [-0.2, -0.15) is 0 Å². The lowest BCUT2D eigenvalue weighted by Gasteiger charge is -2.35. The quantitative estimate of drug-likeness (QED) is 0.836. The Balaban J connectivity index is 1.63. The van der Waals surface area contributed by atoms with Crippen LogP contribution in [-0.2, 0) is 6.54 Å². The van der Waals surface area contributed by atoms with E-state index < -0.39 is 0 Å². The molecule has 0 aromatic heterocycles. The zero-order valence-electron chi connectivity index (χ0n) is 15.2. The molecule has 1 fully saturated rings. The van der Waals surface area contributed by atoms with Crippen molar-refractivity contribution >= 4 is 23.2 Å². The highest BCUT2D eigenvalue weighted by molar-refractivity contribution is 6.30. The van der Waals surface area contributed by atoms with E-state index in [1.165, 1.54) is 0 Å². The minimum atomic E-state index is 0.0507. The molecular weight excluding hydrogens is 350 g/mol. The number of anilines is 1. The molecule has 0 unspecified atom stereocenters. The second kappa shape index (κ2) is 7.98. The van der Waals surface area contributed by atoms with E-state index in [0.717, 1.165) is 36.5 Å². The molecule has 0 bridgehead atoms. The Bertz CT molecular complexity index is 802. The number of carbonyl (C=O) groups is 1. The van der Waals surface area contributed by atoms with E-state index >= 15 is 0 Å². The summed E-state index contributed by atoms with van der Waals surface area (Å²) in [6.45, 7) is 5.69. The fourth-order valence-electron chi connectivity index (χ4n) is 3.26. The molecule has 1 heterocycles. The third-order valence-corrected chi connectivity index (χ3v) is 5.02. The first-order valence-electron chi connectivity index (χ1n) is 8.68. The van der Waals surface area contributed by atoms with Crippen LogP contribution in [0.15, 0.2) is 36.4 Å². The number of nitrogens with zero attached hydrogens (tertiary/aromatic N) is 2. The van der Waals surface area contributed by atoms with Crippen LogP contribution in [0, 0.1) is 6.92 Å². The predicted octanol–water partition coefficient (Wildman–Crippen LogP) is 3.20. The Kier molecular flexibility index (Phi) is 5.69. The predicted molar refractivity (Wildman–Crippen MR) is 105 cm³/mol. The molecule has 3 rings (SSSR count). The molecule has 0 saturated carbocycles. The molecule has 26 heavy (non-hydrogen) atoms. The highest BCUT2D eigenvalue weighted by Gasteiger charge is 2.24. The number of nitrogen functional groups attached to an aromatic ring is 1. The second-order valence-electron chi connectivity index (χ2n) is 6.60. The van der Waals surface area contributed by atoms with Crippen molar-refractivity contribution in [1.29, 1.82) is 0 Å². The number of carbonyl (C=O) groups excluding carboxylic acids is 1. The Labute approximate surface area is 159 Å². The maximum atomic E-state index is 12.8. The van der Waals surface area contributed by atoms with Crippen molar-refractivity contribution in [2.24, 2.45) is 0 Å². The summed E-state index contributed by atoms with van der Waals surface area (Å²) in [5.41, 5.74) is 9.16. The summed E-state index contributed by atoms with van der Waals surface area (Å²) in [7, 11) is 1.66. The topological polar surface area (TPSA) is 58.8 Å². The fraction of sp³-hybridized carbons (Fsp3) is 0.350. The number of amides is 1. The molecule has 138 valence electrons. The number of hydrogen-bond donors (Lipinski definition) is 1. The maximum Gasteiger partial charge on any atom is 0.254 e. The Morgan fingerprint density at radius 1 is 1.15 bits per heavy atom. The van der Waals surface area contributed by atoms with Gasteiger partial charge >= 0.3 is 0 Å². The van der Waals surface area contributed by atoms with Crippen LogP contribution in [-0.4, -0.2) is 49.0 Å². The maximum absolute atomic E-state index is 12.8. The highest BCUT2D eigenvalue weighted by Crippen LogP contribution is 2.25. The van der Waals surface area contributed by atoms with Gasteiger partial charge in [0, 0.05) is 54.6 Å². The van der Waals surface area contributed by atoms with Crippen LogP contribution in [0.25, 0.3) is 0 Å². The van der Waals surface area contributed by atoms with Crippen molar-refractivity contribution < 1.29 is 9.53 Å². The van der Waals surface area contributed by atoms with Crippen LogP contribution in [0.3, 0.4) is 0 Å². The summed E-state index contributed by atoms with van der Waals surface area (Å²) in [5, 5.41) is 0.701. The van der Waals surface area contributed by atoms with Crippen LogP contribution < -0.4 is 10.5 Å². The lowest BCUT2D eigenvalue weighted by Crippen LogP contribution is -2.48. The van der Waals surface area contributed by atoms with E-state index in [1.807, 2.05) is 42.2 Å². The summed E-state index contributed by atoms with van der Waals surface area (Å²) in [4.78, 5) is 17.0. The molecule has 0 atom stereocenters. The van der Waals surface area contributed by atoms with Crippen LogP contribution in [0.1, 0.15) is 21.5 Å². The Hall–Kier alpha value is -2.24. The number of methoxy groups -OCH3 is 1. The summed E-state index contributed by atoms with van der Waals surface area (Å²) in [5.74, 6) is 0.887. The van der Waals surface area contributed by atoms with Gasteiger partial charge < -0.3 is 15.4 Å². The van der Waals surface area contributed by atoms with Gasteiger partial charge in [-0.05, 0) is 42.8 Å². The average molecular weight is 374 g/mol. The molecule has 1 aliphatic heterocycles. The summed E-state index contributed by atoms with van der Waals surface area (Å²) in [6.07, 6.45) is 0. The van der Waals surface area contributed by atoms with Gasteiger partial charge in [0.2, 0.25) is 0 Å². The van der Waals surface area contributed by atoms with Crippen molar-refractivity contribution in [2.45, 2.75) is 13.5 Å². The van der Waals surface area contributed by atoms with Gasteiger partial charge in [-0.3, -0.25) is 9.69 Å². The average Bonchev–Trinajstić information content (AvgIpc) is 2.64. The highest BCUT2D eigenvalue weighted by atomic mass is 35.5. The minimum Gasteiger partial charge on any atom is -0.496 e. The molecule has 6 heteroatoms. The number of hydrogen-bond acceptors (Lipinski definition) is 4. The minimum absolute atomic E-state index is 0.0507. The van der Waals surface area contributed by atoms with Crippen LogP contribution in [0.5, 0.6) is 5.75 Å². The van der Waals surface area contributed by atoms with Gasteiger partial charge in [0.15, 0.2) is 0 Å². The van der Waals surface area contributed by atoms with Gasteiger partial charge in [-0.25, -0.2) is 0 Å². The van der Waals surface area contributed by atoms with Crippen LogP contribution in [0.2, 0.25) is 5.02 Å². The largest absolute Gasteiger partial charge is 0.496 e. The number of rotatable bonds is 4. The third kappa shape index (κ3) is 4.11. The fourth-order valence-corrected chi connectivity index (χ4v) is 3.46. The number of halogens is 1. The van der Waals surface area contributed by atoms with E-state index in [0.29, 0.717) is 29.4 Å². The molecule has 1 aliphatic rings. The van der Waals surface area contributed by atoms with Crippen molar-refractivity contribution in [2.75, 3.05) is 39.0 Å². The van der Waals surface area contributed by atoms with Gasteiger partial charge in [-0.1, -0.05) is 17.7 Å². The lowest BCUT2D eigenvalue weighted by atomic mass is 10.1. The van der Waals surface area contributed by atoms with Crippen molar-refractivity contribution in [3.05, 3.63) is 58.1 Å². The first-order valence-corrected chi connectivity index (χ1v) is 9.06. The number of benzene rings is 2. The van der Waals surface area contributed by atoms with Gasteiger partial charge in [0.25, 0.3) is 5.91 Å². The molecule has 0 spiro atoms. The number of nitrogens with two attached hydrogens (primary N) is 1. The standard InChI is InChI=1S/C20H24ClN3O2/c1-14-3-5-17(22)12-18(14)20(25)24-9-7-23(8-10-24)13-15-11-16(21)4-6-19(15)26-2/h3-6,11-12H,7-10,13,22H2,1-2H3. The van der Waals surface area contributed by atoms with E-state index in [9.17, 15) is 4.79 Å². The Morgan fingerprint density at radius 2 is 1.88 bits per heavy atom.